The van der Waals surface area contributed by atoms with Crippen LogP contribution in [0.15, 0.2) is 41.5 Å². The van der Waals surface area contributed by atoms with Crippen LogP contribution in [0.3, 0.4) is 0 Å². The first-order valence-corrected chi connectivity index (χ1v) is 9.26. The Morgan fingerprint density at radius 2 is 2.00 bits per heavy atom. The summed E-state index contributed by atoms with van der Waals surface area (Å²) in [7, 11) is 3.26. The van der Waals surface area contributed by atoms with Crippen LogP contribution in [-0.4, -0.2) is 56.4 Å². The Morgan fingerprint density at radius 3 is 2.73 bits per heavy atom. The van der Waals surface area contributed by atoms with Crippen LogP contribution in [0.2, 0.25) is 0 Å². The molecule has 30 heavy (non-hydrogen) atoms. The predicted molar refractivity (Wildman–Crippen MR) is 109 cm³/mol. The third-order valence-electron chi connectivity index (χ3n) is 3.73. The Balaban J connectivity index is 1.79. The maximum absolute atomic E-state index is 12.7. The molecule has 2 rings (SSSR count). The molecule has 8 nitrogen and oxygen atoms in total. The van der Waals surface area contributed by atoms with Gasteiger partial charge in [0, 0.05) is 58.2 Å². The van der Waals surface area contributed by atoms with E-state index in [-0.39, 0.29) is 5.95 Å². The number of halogens is 3. The molecule has 0 fully saturated rings. The van der Waals surface area contributed by atoms with Gasteiger partial charge in [0.15, 0.2) is 5.96 Å². The summed E-state index contributed by atoms with van der Waals surface area (Å²) in [5.74, 6) is 1.13. The van der Waals surface area contributed by atoms with Gasteiger partial charge in [0.05, 0.1) is 6.61 Å². The number of aliphatic imine (C=N–C) groups is 1. The highest BCUT2D eigenvalue weighted by atomic mass is 19.4. The SMILES string of the molecule is CN=C(NCCNc1nccc(C(F)(F)F)n1)Nc1cccc(OCCCOC)c1. The van der Waals surface area contributed by atoms with E-state index in [2.05, 4.69) is 30.9 Å². The lowest BCUT2D eigenvalue weighted by molar-refractivity contribution is -0.141. The first-order chi connectivity index (χ1) is 14.4. The molecule has 0 saturated carbocycles. The van der Waals surface area contributed by atoms with E-state index in [9.17, 15) is 13.2 Å². The molecule has 0 amide bonds. The maximum atomic E-state index is 12.7. The number of nitrogens with one attached hydrogen (secondary N) is 3. The molecule has 0 bridgehead atoms. The average Bonchev–Trinajstić information content (AvgIpc) is 2.73. The molecule has 0 aliphatic heterocycles. The van der Waals surface area contributed by atoms with Crippen LogP contribution >= 0.6 is 0 Å². The molecule has 0 atom stereocenters. The van der Waals surface area contributed by atoms with Gasteiger partial charge in [-0.25, -0.2) is 9.97 Å². The number of methoxy groups -OCH3 is 1. The zero-order valence-corrected chi connectivity index (χ0v) is 16.8. The lowest BCUT2D eigenvalue weighted by atomic mass is 10.3. The first-order valence-electron chi connectivity index (χ1n) is 9.26. The fraction of sp³-hybridized carbons (Fsp3) is 0.421. The van der Waals surface area contributed by atoms with Crippen molar-refractivity contribution in [3.63, 3.8) is 0 Å². The third-order valence-corrected chi connectivity index (χ3v) is 3.73. The largest absolute Gasteiger partial charge is 0.493 e. The van der Waals surface area contributed by atoms with Gasteiger partial charge in [0.2, 0.25) is 5.95 Å². The van der Waals surface area contributed by atoms with Crippen LogP contribution < -0.4 is 20.7 Å². The van der Waals surface area contributed by atoms with Crippen LogP contribution in [0.4, 0.5) is 24.8 Å². The highest BCUT2D eigenvalue weighted by Crippen LogP contribution is 2.27. The Labute approximate surface area is 172 Å². The van der Waals surface area contributed by atoms with E-state index in [0.29, 0.717) is 32.3 Å². The molecule has 1 heterocycles. The molecule has 3 N–H and O–H groups in total. The minimum Gasteiger partial charge on any atom is -0.493 e. The second kappa shape index (κ2) is 11.8. The summed E-state index contributed by atoms with van der Waals surface area (Å²) in [5.41, 5.74) is -0.212. The highest BCUT2D eigenvalue weighted by molar-refractivity contribution is 5.93. The number of rotatable bonds is 10. The lowest BCUT2D eigenvalue weighted by Crippen LogP contribution is -2.34. The quantitative estimate of drug-likeness (QED) is 0.306. The Kier molecular flexibility index (Phi) is 9.13. The van der Waals surface area contributed by atoms with Crippen molar-refractivity contribution in [3.8, 4) is 5.75 Å². The molecular weight excluding hydrogens is 401 g/mol. The van der Waals surface area contributed by atoms with Crippen molar-refractivity contribution in [2.24, 2.45) is 4.99 Å². The minimum atomic E-state index is -4.51. The summed E-state index contributed by atoms with van der Waals surface area (Å²) >= 11 is 0. The highest BCUT2D eigenvalue weighted by Gasteiger charge is 2.32. The number of hydrogen-bond acceptors (Lipinski definition) is 6. The summed E-state index contributed by atoms with van der Waals surface area (Å²) in [4.78, 5) is 11.4. The number of aromatic nitrogens is 2. The summed E-state index contributed by atoms with van der Waals surface area (Å²) in [6.45, 7) is 1.86. The second-order valence-corrected chi connectivity index (χ2v) is 6.04. The van der Waals surface area contributed by atoms with Gasteiger partial charge in [0.1, 0.15) is 11.4 Å². The van der Waals surface area contributed by atoms with Crippen molar-refractivity contribution < 1.29 is 22.6 Å². The number of ether oxygens (including phenoxy) is 2. The minimum absolute atomic E-state index is 0.0899. The Hall–Kier alpha value is -3.08. The van der Waals surface area contributed by atoms with E-state index in [0.717, 1.165) is 30.1 Å². The Morgan fingerprint density at radius 1 is 1.17 bits per heavy atom. The van der Waals surface area contributed by atoms with Gasteiger partial charge in [-0.2, -0.15) is 13.2 Å². The number of anilines is 2. The molecular formula is C19H25F3N6O2. The van der Waals surface area contributed by atoms with Crippen LogP contribution in [0, 0.1) is 0 Å². The summed E-state index contributed by atoms with van der Waals surface area (Å²) in [5, 5.41) is 8.92. The fourth-order valence-corrected chi connectivity index (χ4v) is 2.33. The van der Waals surface area contributed by atoms with Gasteiger partial charge in [-0.3, -0.25) is 4.99 Å². The van der Waals surface area contributed by atoms with E-state index in [1.165, 1.54) is 0 Å². The van der Waals surface area contributed by atoms with Gasteiger partial charge in [-0.1, -0.05) is 6.07 Å². The number of benzene rings is 1. The average molecular weight is 426 g/mol. The van der Waals surface area contributed by atoms with Crippen LogP contribution in [-0.2, 0) is 10.9 Å². The fourth-order valence-electron chi connectivity index (χ4n) is 2.33. The molecule has 2 aromatic rings. The van der Waals surface area contributed by atoms with E-state index in [1.807, 2.05) is 24.3 Å². The summed E-state index contributed by atoms with van der Waals surface area (Å²) < 4.78 is 48.7. The summed E-state index contributed by atoms with van der Waals surface area (Å²) in [6.07, 6.45) is -2.65. The van der Waals surface area contributed by atoms with Crippen molar-refractivity contribution >= 4 is 17.6 Å². The second-order valence-electron chi connectivity index (χ2n) is 6.04. The van der Waals surface area contributed by atoms with E-state index in [4.69, 9.17) is 9.47 Å². The molecule has 164 valence electrons. The number of nitrogens with zero attached hydrogens (tertiary/aromatic N) is 3. The van der Waals surface area contributed by atoms with E-state index < -0.39 is 11.9 Å². The Bertz CT molecular complexity index is 817. The topological polar surface area (TPSA) is 92.7 Å². The molecule has 0 aliphatic rings. The van der Waals surface area contributed by atoms with Gasteiger partial charge in [-0.05, 0) is 18.2 Å². The third kappa shape index (κ3) is 8.11. The number of alkyl halides is 3. The molecule has 11 heteroatoms. The van der Waals surface area contributed by atoms with Crippen molar-refractivity contribution in [1.29, 1.82) is 0 Å². The smallest absolute Gasteiger partial charge is 0.433 e. The lowest BCUT2D eigenvalue weighted by Gasteiger charge is -2.14. The monoisotopic (exact) mass is 426 g/mol. The van der Waals surface area contributed by atoms with Gasteiger partial charge >= 0.3 is 6.18 Å². The van der Waals surface area contributed by atoms with Crippen LogP contribution in [0.1, 0.15) is 12.1 Å². The molecule has 0 spiro atoms. The maximum Gasteiger partial charge on any atom is 0.433 e. The number of hydrogen-bond donors (Lipinski definition) is 3. The van der Waals surface area contributed by atoms with E-state index in [1.54, 1.807) is 14.2 Å². The molecule has 0 saturated heterocycles. The summed E-state index contributed by atoms with van der Waals surface area (Å²) in [6, 6.07) is 8.24. The zero-order chi connectivity index (χ0) is 21.8. The first kappa shape index (κ1) is 23.2. The van der Waals surface area contributed by atoms with Crippen molar-refractivity contribution in [3.05, 3.63) is 42.2 Å². The van der Waals surface area contributed by atoms with Crippen molar-refractivity contribution in [2.75, 3.05) is 51.1 Å². The normalized spacial score (nSPS) is 11.8. The van der Waals surface area contributed by atoms with Gasteiger partial charge in [-0.15, -0.1) is 0 Å². The van der Waals surface area contributed by atoms with E-state index >= 15 is 0 Å². The van der Waals surface area contributed by atoms with Crippen molar-refractivity contribution in [2.45, 2.75) is 12.6 Å². The standard InChI is InChI=1S/C19H25F3N6O2/c1-23-17(27-14-5-3-6-15(13-14)30-12-4-11-29-2)25-9-10-26-18-24-8-7-16(28-18)19(20,21)22/h3,5-8,13H,4,9-12H2,1-2H3,(H2,23,25,27)(H,24,26,28). The predicted octanol–water partition coefficient (Wildman–Crippen LogP) is 3.01. The molecule has 1 aromatic carbocycles. The van der Waals surface area contributed by atoms with Crippen molar-refractivity contribution in [1.82, 2.24) is 15.3 Å². The molecule has 0 radical (unpaired) electrons. The molecule has 1 aromatic heterocycles. The molecule has 0 unspecified atom stereocenters. The number of guanidine groups is 1. The van der Waals surface area contributed by atoms with Gasteiger partial charge < -0.3 is 25.4 Å². The zero-order valence-electron chi connectivity index (χ0n) is 16.8. The van der Waals surface area contributed by atoms with Gasteiger partial charge in [0.25, 0.3) is 0 Å². The van der Waals surface area contributed by atoms with Crippen LogP contribution in [0.25, 0.3) is 0 Å². The molecule has 0 aliphatic carbocycles. The van der Waals surface area contributed by atoms with Crippen LogP contribution in [0.5, 0.6) is 5.75 Å².